The van der Waals surface area contributed by atoms with Gasteiger partial charge in [0.2, 0.25) is 0 Å². The van der Waals surface area contributed by atoms with Crippen LogP contribution in [0.1, 0.15) is 11.1 Å². The Bertz CT molecular complexity index is 309. The van der Waals surface area contributed by atoms with Crippen LogP contribution < -0.4 is 11.1 Å². The molecule has 2 amide bonds. The zero-order valence-electron chi connectivity index (χ0n) is 7.09. The number of nitrogens with one attached hydrogen (secondary N) is 1. The summed E-state index contributed by atoms with van der Waals surface area (Å²) in [4.78, 5) is 14.5. The maximum atomic E-state index is 10.5. The molecule has 0 aromatic carbocycles. The molecule has 1 heterocycles. The lowest BCUT2D eigenvalue weighted by Crippen LogP contribution is -2.20. The number of aromatic nitrogens is 1. The van der Waals surface area contributed by atoms with E-state index in [1.165, 1.54) is 0 Å². The number of hydrogen-bond acceptors (Lipinski definition) is 2. The highest BCUT2D eigenvalue weighted by atomic mass is 16.2. The molecule has 3 N–H and O–H groups in total. The van der Waals surface area contributed by atoms with Crippen molar-refractivity contribution in [1.29, 1.82) is 0 Å². The van der Waals surface area contributed by atoms with Gasteiger partial charge in [-0.3, -0.25) is 5.32 Å². The van der Waals surface area contributed by atoms with Crippen molar-refractivity contribution in [2.24, 2.45) is 5.73 Å². The quantitative estimate of drug-likeness (QED) is 0.656. The first-order chi connectivity index (χ1) is 5.61. The maximum absolute atomic E-state index is 10.5. The topological polar surface area (TPSA) is 68.0 Å². The van der Waals surface area contributed by atoms with E-state index in [4.69, 9.17) is 5.73 Å². The molecule has 0 aliphatic heterocycles. The third-order valence-electron chi connectivity index (χ3n) is 1.72. The SMILES string of the molecule is Cc1ccnc(NC(N)=O)c1C. The van der Waals surface area contributed by atoms with E-state index in [2.05, 4.69) is 10.3 Å². The number of amides is 2. The average molecular weight is 165 g/mol. The molecule has 0 aliphatic carbocycles. The molecular formula is C8H11N3O. The second kappa shape index (κ2) is 3.21. The Kier molecular flexibility index (Phi) is 2.28. The Labute approximate surface area is 70.8 Å². The van der Waals surface area contributed by atoms with Crippen molar-refractivity contribution < 1.29 is 4.79 Å². The van der Waals surface area contributed by atoms with Crippen molar-refractivity contribution in [3.8, 4) is 0 Å². The van der Waals surface area contributed by atoms with Gasteiger partial charge < -0.3 is 5.73 Å². The zero-order valence-corrected chi connectivity index (χ0v) is 7.09. The largest absolute Gasteiger partial charge is 0.351 e. The summed E-state index contributed by atoms with van der Waals surface area (Å²) in [5.41, 5.74) is 6.97. The van der Waals surface area contributed by atoms with Gasteiger partial charge in [-0.05, 0) is 31.0 Å². The molecule has 64 valence electrons. The molecule has 1 aromatic rings. The number of nitrogens with zero attached hydrogens (tertiary/aromatic N) is 1. The summed E-state index contributed by atoms with van der Waals surface area (Å²) in [5, 5.41) is 2.44. The van der Waals surface area contributed by atoms with E-state index < -0.39 is 6.03 Å². The maximum Gasteiger partial charge on any atom is 0.317 e. The Morgan fingerprint density at radius 3 is 2.83 bits per heavy atom. The summed E-state index contributed by atoms with van der Waals surface area (Å²) in [7, 11) is 0. The lowest BCUT2D eigenvalue weighted by atomic mass is 10.2. The van der Waals surface area contributed by atoms with Crippen LogP contribution in [0.4, 0.5) is 10.6 Å². The van der Waals surface area contributed by atoms with Gasteiger partial charge in [0.25, 0.3) is 0 Å². The first-order valence-electron chi connectivity index (χ1n) is 3.60. The van der Waals surface area contributed by atoms with E-state index in [0.29, 0.717) is 5.82 Å². The molecule has 0 spiro atoms. The van der Waals surface area contributed by atoms with Gasteiger partial charge in [0.15, 0.2) is 0 Å². The Hall–Kier alpha value is -1.58. The van der Waals surface area contributed by atoms with Gasteiger partial charge in [0.05, 0.1) is 0 Å². The molecule has 0 fully saturated rings. The first kappa shape index (κ1) is 8.52. The van der Waals surface area contributed by atoms with Gasteiger partial charge in [-0.25, -0.2) is 9.78 Å². The van der Waals surface area contributed by atoms with Crippen LogP contribution in [0.5, 0.6) is 0 Å². The summed E-state index contributed by atoms with van der Waals surface area (Å²) in [5.74, 6) is 0.530. The number of nitrogens with two attached hydrogens (primary N) is 1. The minimum atomic E-state index is -0.587. The van der Waals surface area contributed by atoms with Crippen molar-refractivity contribution in [1.82, 2.24) is 4.98 Å². The molecule has 0 atom stereocenters. The molecule has 0 aliphatic rings. The van der Waals surface area contributed by atoms with Crippen molar-refractivity contribution in [2.75, 3.05) is 5.32 Å². The Morgan fingerprint density at radius 1 is 1.58 bits per heavy atom. The number of aryl methyl sites for hydroxylation is 1. The normalized spacial score (nSPS) is 9.50. The predicted octanol–water partition coefficient (Wildman–Crippen LogP) is 1.19. The minimum absolute atomic E-state index is 0.530. The molecule has 4 nitrogen and oxygen atoms in total. The fourth-order valence-electron chi connectivity index (χ4n) is 0.875. The highest BCUT2D eigenvalue weighted by Gasteiger charge is 2.02. The van der Waals surface area contributed by atoms with Gasteiger partial charge in [-0.15, -0.1) is 0 Å². The number of rotatable bonds is 1. The highest BCUT2D eigenvalue weighted by molar-refractivity contribution is 5.87. The summed E-state index contributed by atoms with van der Waals surface area (Å²) < 4.78 is 0. The first-order valence-corrected chi connectivity index (χ1v) is 3.60. The van der Waals surface area contributed by atoms with E-state index in [0.717, 1.165) is 11.1 Å². The molecule has 0 bridgehead atoms. The number of hydrogen-bond donors (Lipinski definition) is 2. The molecule has 0 saturated heterocycles. The summed E-state index contributed by atoms with van der Waals surface area (Å²) >= 11 is 0. The van der Waals surface area contributed by atoms with Crippen molar-refractivity contribution >= 4 is 11.8 Å². The van der Waals surface area contributed by atoms with Crippen LogP contribution in [0.2, 0.25) is 0 Å². The monoisotopic (exact) mass is 165 g/mol. The molecule has 1 rings (SSSR count). The van der Waals surface area contributed by atoms with Crippen LogP contribution in [0.25, 0.3) is 0 Å². The van der Waals surface area contributed by atoms with Gasteiger partial charge in [-0.1, -0.05) is 0 Å². The highest BCUT2D eigenvalue weighted by Crippen LogP contribution is 2.13. The van der Waals surface area contributed by atoms with Gasteiger partial charge in [0, 0.05) is 6.20 Å². The second-order valence-electron chi connectivity index (χ2n) is 2.59. The minimum Gasteiger partial charge on any atom is -0.351 e. The van der Waals surface area contributed by atoms with E-state index in [9.17, 15) is 4.79 Å². The van der Waals surface area contributed by atoms with Crippen LogP contribution in [-0.4, -0.2) is 11.0 Å². The third-order valence-corrected chi connectivity index (χ3v) is 1.72. The smallest absolute Gasteiger partial charge is 0.317 e. The Morgan fingerprint density at radius 2 is 2.25 bits per heavy atom. The van der Waals surface area contributed by atoms with Gasteiger partial charge >= 0.3 is 6.03 Å². The standard InChI is InChI=1S/C8H11N3O/c1-5-3-4-10-7(6(5)2)11-8(9)12/h3-4H,1-2H3,(H3,9,10,11,12). The average Bonchev–Trinajstić information content (AvgIpc) is 1.98. The number of urea groups is 1. The van der Waals surface area contributed by atoms with E-state index >= 15 is 0 Å². The van der Waals surface area contributed by atoms with Crippen LogP contribution in [-0.2, 0) is 0 Å². The fraction of sp³-hybridized carbons (Fsp3) is 0.250. The number of pyridine rings is 1. The van der Waals surface area contributed by atoms with Crippen LogP contribution in [0, 0.1) is 13.8 Å². The molecule has 0 saturated carbocycles. The van der Waals surface area contributed by atoms with E-state index in [1.807, 2.05) is 19.9 Å². The summed E-state index contributed by atoms with van der Waals surface area (Å²) in [6, 6.07) is 1.29. The summed E-state index contributed by atoms with van der Waals surface area (Å²) in [6.45, 7) is 3.83. The Balaban J connectivity index is 3.00. The van der Waals surface area contributed by atoms with Crippen LogP contribution in [0.15, 0.2) is 12.3 Å². The zero-order chi connectivity index (χ0) is 9.14. The van der Waals surface area contributed by atoms with E-state index in [1.54, 1.807) is 6.20 Å². The van der Waals surface area contributed by atoms with Crippen LogP contribution in [0.3, 0.4) is 0 Å². The van der Waals surface area contributed by atoms with Crippen molar-refractivity contribution in [3.05, 3.63) is 23.4 Å². The van der Waals surface area contributed by atoms with Crippen molar-refractivity contribution in [3.63, 3.8) is 0 Å². The fourth-order valence-corrected chi connectivity index (χ4v) is 0.875. The number of anilines is 1. The lowest BCUT2D eigenvalue weighted by Gasteiger charge is -2.05. The van der Waals surface area contributed by atoms with E-state index in [-0.39, 0.29) is 0 Å². The molecule has 4 heteroatoms. The molecular weight excluding hydrogens is 154 g/mol. The van der Waals surface area contributed by atoms with Crippen LogP contribution >= 0.6 is 0 Å². The predicted molar refractivity (Wildman–Crippen MR) is 46.9 cm³/mol. The molecule has 1 aromatic heterocycles. The second-order valence-corrected chi connectivity index (χ2v) is 2.59. The number of carbonyl (C=O) groups excluding carboxylic acids is 1. The third kappa shape index (κ3) is 1.72. The van der Waals surface area contributed by atoms with Crippen molar-refractivity contribution in [2.45, 2.75) is 13.8 Å². The summed E-state index contributed by atoms with van der Waals surface area (Å²) in [6.07, 6.45) is 1.63. The molecule has 0 radical (unpaired) electrons. The lowest BCUT2D eigenvalue weighted by molar-refractivity contribution is 0.259. The number of primary amides is 1. The molecule has 0 unspecified atom stereocenters. The van der Waals surface area contributed by atoms with Gasteiger partial charge in [-0.2, -0.15) is 0 Å². The number of carbonyl (C=O) groups is 1. The molecule has 12 heavy (non-hydrogen) atoms. The van der Waals surface area contributed by atoms with Gasteiger partial charge in [0.1, 0.15) is 5.82 Å².